The summed E-state index contributed by atoms with van der Waals surface area (Å²) in [6.07, 6.45) is -2.65. The van der Waals surface area contributed by atoms with Crippen molar-refractivity contribution in [1.29, 1.82) is 0 Å². The Balaban J connectivity index is 2.48. The second kappa shape index (κ2) is 4.37. The minimum Gasteiger partial charge on any atom is -0.388 e. The third kappa shape index (κ3) is 2.64. The van der Waals surface area contributed by atoms with Crippen LogP contribution in [-0.2, 0) is 4.74 Å². The second-order valence-electron chi connectivity index (χ2n) is 4.05. The lowest BCUT2D eigenvalue weighted by atomic mass is 9.94. The first-order chi connectivity index (χ1) is 6.02. The average molecular weight is 190 g/mol. The van der Waals surface area contributed by atoms with Crippen LogP contribution in [0.5, 0.6) is 0 Å². The van der Waals surface area contributed by atoms with Crippen molar-refractivity contribution in [3.63, 3.8) is 0 Å². The molecule has 0 saturated carbocycles. The molecule has 1 rings (SSSR count). The van der Waals surface area contributed by atoms with Crippen molar-refractivity contribution >= 4 is 0 Å². The summed E-state index contributed by atoms with van der Waals surface area (Å²) in [6, 6.07) is 0. The topological polar surface area (TPSA) is 69.9 Å². The third-order valence-electron chi connectivity index (χ3n) is 2.31. The molecule has 4 atom stereocenters. The maximum absolute atomic E-state index is 9.52. The van der Waals surface area contributed by atoms with E-state index in [0.29, 0.717) is 12.3 Å². The molecule has 0 aliphatic carbocycles. The highest BCUT2D eigenvalue weighted by molar-refractivity contribution is 4.86. The number of ether oxygens (including phenoxy) is 1. The Morgan fingerprint density at radius 2 is 1.85 bits per heavy atom. The minimum absolute atomic E-state index is 0.107. The molecule has 13 heavy (non-hydrogen) atoms. The summed E-state index contributed by atoms with van der Waals surface area (Å²) in [6.45, 7) is 4.15. The monoisotopic (exact) mass is 190 g/mol. The van der Waals surface area contributed by atoms with Gasteiger partial charge in [0.1, 0.15) is 18.3 Å². The fourth-order valence-electron chi connectivity index (χ4n) is 1.54. The van der Waals surface area contributed by atoms with E-state index in [9.17, 15) is 10.2 Å². The number of hydrogen-bond donors (Lipinski definition) is 3. The van der Waals surface area contributed by atoms with Gasteiger partial charge in [-0.1, -0.05) is 13.8 Å². The molecule has 4 heteroatoms. The first-order valence-electron chi connectivity index (χ1n) is 4.68. The summed E-state index contributed by atoms with van der Waals surface area (Å²) in [7, 11) is 0. The third-order valence-corrected chi connectivity index (χ3v) is 2.31. The average Bonchev–Trinajstić information content (AvgIpc) is 2.06. The zero-order valence-corrected chi connectivity index (χ0v) is 8.05. The summed E-state index contributed by atoms with van der Waals surface area (Å²) >= 11 is 0. The van der Waals surface area contributed by atoms with Crippen molar-refractivity contribution in [3.8, 4) is 0 Å². The maximum atomic E-state index is 9.52. The summed E-state index contributed by atoms with van der Waals surface area (Å²) in [4.78, 5) is 0. The standard InChI is InChI=1S/C9H18O4/c1-5(2)3-7-9(12)8(11)6(10)4-13-7/h5-12H,3-4H2,1-2H3. The van der Waals surface area contributed by atoms with Gasteiger partial charge in [0.2, 0.25) is 0 Å². The zero-order valence-electron chi connectivity index (χ0n) is 8.05. The second-order valence-corrected chi connectivity index (χ2v) is 4.05. The smallest absolute Gasteiger partial charge is 0.111 e. The largest absolute Gasteiger partial charge is 0.388 e. The molecule has 1 fully saturated rings. The van der Waals surface area contributed by atoms with Crippen molar-refractivity contribution in [2.75, 3.05) is 6.61 Å². The van der Waals surface area contributed by atoms with Crippen LogP contribution in [-0.4, -0.2) is 46.3 Å². The van der Waals surface area contributed by atoms with Crippen LogP contribution in [0.2, 0.25) is 0 Å². The fourth-order valence-corrected chi connectivity index (χ4v) is 1.54. The molecule has 0 aromatic heterocycles. The predicted molar refractivity (Wildman–Crippen MR) is 47.2 cm³/mol. The van der Waals surface area contributed by atoms with Crippen LogP contribution in [0.4, 0.5) is 0 Å². The highest BCUT2D eigenvalue weighted by Crippen LogP contribution is 2.20. The lowest BCUT2D eigenvalue weighted by Crippen LogP contribution is -2.53. The van der Waals surface area contributed by atoms with E-state index in [1.165, 1.54) is 0 Å². The highest BCUT2D eigenvalue weighted by atomic mass is 16.5. The summed E-state index contributed by atoms with van der Waals surface area (Å²) in [5.74, 6) is 0.405. The van der Waals surface area contributed by atoms with E-state index in [2.05, 4.69) is 0 Å². The van der Waals surface area contributed by atoms with Gasteiger partial charge in [0.05, 0.1) is 12.7 Å². The zero-order chi connectivity index (χ0) is 10.0. The number of hydrogen-bond acceptors (Lipinski definition) is 4. The van der Waals surface area contributed by atoms with Crippen molar-refractivity contribution < 1.29 is 20.1 Å². The van der Waals surface area contributed by atoms with Gasteiger partial charge >= 0.3 is 0 Å². The van der Waals surface area contributed by atoms with Gasteiger partial charge in [-0.05, 0) is 12.3 Å². The number of rotatable bonds is 2. The fraction of sp³-hybridized carbons (Fsp3) is 1.00. The van der Waals surface area contributed by atoms with Gasteiger partial charge in [-0.15, -0.1) is 0 Å². The summed E-state index contributed by atoms with van der Waals surface area (Å²) < 4.78 is 5.22. The molecular formula is C9H18O4. The Labute approximate surface area is 78.1 Å². The van der Waals surface area contributed by atoms with Gasteiger partial charge in [0, 0.05) is 0 Å². The SMILES string of the molecule is CC(C)CC1OCC(O)C(O)C1O. The first-order valence-corrected chi connectivity index (χ1v) is 4.68. The van der Waals surface area contributed by atoms with E-state index < -0.39 is 18.3 Å². The van der Waals surface area contributed by atoms with E-state index in [4.69, 9.17) is 9.84 Å². The maximum Gasteiger partial charge on any atom is 0.111 e. The van der Waals surface area contributed by atoms with E-state index in [1.807, 2.05) is 13.8 Å². The van der Waals surface area contributed by atoms with Crippen molar-refractivity contribution in [3.05, 3.63) is 0 Å². The highest BCUT2D eigenvalue weighted by Gasteiger charge is 2.37. The lowest BCUT2D eigenvalue weighted by Gasteiger charge is -2.36. The van der Waals surface area contributed by atoms with Crippen LogP contribution >= 0.6 is 0 Å². The van der Waals surface area contributed by atoms with E-state index in [-0.39, 0.29) is 12.7 Å². The van der Waals surface area contributed by atoms with E-state index in [1.54, 1.807) is 0 Å². The van der Waals surface area contributed by atoms with Crippen LogP contribution in [0.1, 0.15) is 20.3 Å². The van der Waals surface area contributed by atoms with Crippen LogP contribution in [0.15, 0.2) is 0 Å². The molecule has 0 aromatic rings. The Morgan fingerprint density at radius 3 is 2.38 bits per heavy atom. The van der Waals surface area contributed by atoms with Gasteiger partial charge in [-0.2, -0.15) is 0 Å². The molecule has 0 amide bonds. The van der Waals surface area contributed by atoms with Crippen LogP contribution in [0.25, 0.3) is 0 Å². The molecule has 1 aliphatic rings. The van der Waals surface area contributed by atoms with Gasteiger partial charge in [-0.3, -0.25) is 0 Å². The molecule has 1 aliphatic heterocycles. The van der Waals surface area contributed by atoms with Gasteiger partial charge in [-0.25, -0.2) is 0 Å². The summed E-state index contributed by atoms with van der Waals surface area (Å²) in [5, 5.41) is 28.0. The molecule has 4 nitrogen and oxygen atoms in total. The Morgan fingerprint density at radius 1 is 1.23 bits per heavy atom. The molecule has 0 spiro atoms. The molecule has 3 N–H and O–H groups in total. The quantitative estimate of drug-likeness (QED) is 0.550. The van der Waals surface area contributed by atoms with Crippen LogP contribution in [0.3, 0.4) is 0 Å². The van der Waals surface area contributed by atoms with Gasteiger partial charge in [0.15, 0.2) is 0 Å². The summed E-state index contributed by atoms with van der Waals surface area (Å²) in [5.41, 5.74) is 0. The molecular weight excluding hydrogens is 172 g/mol. The number of aliphatic hydroxyl groups excluding tert-OH is 3. The molecule has 0 bridgehead atoms. The van der Waals surface area contributed by atoms with Gasteiger partial charge in [0.25, 0.3) is 0 Å². The van der Waals surface area contributed by atoms with Crippen LogP contribution in [0, 0.1) is 5.92 Å². The van der Waals surface area contributed by atoms with Crippen molar-refractivity contribution in [1.82, 2.24) is 0 Å². The first kappa shape index (κ1) is 10.9. The number of aliphatic hydroxyl groups is 3. The van der Waals surface area contributed by atoms with Gasteiger partial charge < -0.3 is 20.1 Å². The normalized spacial score (nSPS) is 41.1. The Bertz CT molecular complexity index is 160. The van der Waals surface area contributed by atoms with Crippen molar-refractivity contribution in [2.45, 2.75) is 44.7 Å². The molecule has 0 radical (unpaired) electrons. The van der Waals surface area contributed by atoms with E-state index in [0.717, 1.165) is 0 Å². The lowest BCUT2D eigenvalue weighted by molar-refractivity contribution is -0.190. The van der Waals surface area contributed by atoms with Crippen LogP contribution < -0.4 is 0 Å². The minimum atomic E-state index is -1.07. The van der Waals surface area contributed by atoms with E-state index >= 15 is 0 Å². The Hall–Kier alpha value is -0.160. The van der Waals surface area contributed by atoms with Crippen molar-refractivity contribution in [2.24, 2.45) is 5.92 Å². The molecule has 0 aromatic carbocycles. The molecule has 4 unspecified atom stereocenters. The predicted octanol–water partition coefficient (Wildman–Crippen LogP) is -0.486. The Kier molecular flexibility index (Phi) is 3.67. The molecule has 1 saturated heterocycles. The molecule has 78 valence electrons. The molecule has 1 heterocycles.